The molecule has 0 bridgehead atoms. The molecule has 23 heavy (non-hydrogen) atoms. The lowest BCUT2D eigenvalue weighted by Crippen LogP contribution is -2.04. The third-order valence-electron chi connectivity index (χ3n) is 3.28. The van der Waals surface area contributed by atoms with Gasteiger partial charge in [0.1, 0.15) is 0 Å². The number of hydrogen-bond acceptors (Lipinski definition) is 5. The number of hydrogen-bond donors (Lipinski definition) is 0. The number of para-hydroxylation sites is 1. The van der Waals surface area contributed by atoms with Crippen LogP contribution in [0.3, 0.4) is 0 Å². The lowest BCUT2D eigenvalue weighted by atomic mass is 10.2. The van der Waals surface area contributed by atoms with Crippen LogP contribution in [0.25, 0.3) is 15.9 Å². The summed E-state index contributed by atoms with van der Waals surface area (Å²) in [7, 11) is 0. The molecular formula is C16H9N3O2S2. The van der Waals surface area contributed by atoms with Crippen molar-refractivity contribution in [3.8, 4) is 0 Å². The normalized spacial score (nSPS) is 12.1. The predicted molar refractivity (Wildman–Crippen MR) is 91.1 cm³/mol. The van der Waals surface area contributed by atoms with E-state index >= 15 is 0 Å². The van der Waals surface area contributed by atoms with E-state index in [2.05, 4.69) is 9.98 Å². The molecular weight excluding hydrogens is 330 g/mol. The summed E-state index contributed by atoms with van der Waals surface area (Å²) in [4.78, 5) is 33.5. The number of aromatic nitrogens is 2. The van der Waals surface area contributed by atoms with Crippen LogP contribution in [0.5, 0.6) is 0 Å². The van der Waals surface area contributed by atoms with Crippen LogP contribution < -0.4 is 9.54 Å². The summed E-state index contributed by atoms with van der Waals surface area (Å²) in [5.41, 5.74) is 1.28. The molecule has 5 nitrogen and oxygen atoms in total. The molecule has 7 heteroatoms. The van der Waals surface area contributed by atoms with Crippen molar-refractivity contribution in [3.63, 3.8) is 0 Å². The molecule has 0 atom stereocenters. The van der Waals surface area contributed by atoms with Gasteiger partial charge in [0.15, 0.2) is 0 Å². The molecule has 0 spiro atoms. The molecule has 0 N–H and O–H groups in total. The second kappa shape index (κ2) is 5.53. The minimum atomic E-state index is -0.345. The van der Waals surface area contributed by atoms with Crippen LogP contribution in [0, 0.1) is 0 Å². The summed E-state index contributed by atoms with van der Waals surface area (Å²) >= 11 is 2.30. The van der Waals surface area contributed by atoms with Crippen LogP contribution in [0.4, 0.5) is 0 Å². The van der Waals surface area contributed by atoms with Gasteiger partial charge in [-0.3, -0.25) is 9.59 Å². The molecule has 0 saturated carbocycles. The van der Waals surface area contributed by atoms with Crippen molar-refractivity contribution in [1.82, 2.24) is 8.77 Å². The van der Waals surface area contributed by atoms with Gasteiger partial charge in [0.2, 0.25) is 14.5 Å². The maximum absolute atomic E-state index is 12.2. The van der Waals surface area contributed by atoms with E-state index < -0.39 is 0 Å². The third kappa shape index (κ3) is 2.49. The van der Waals surface area contributed by atoms with Crippen LogP contribution in [0.15, 0.2) is 64.4 Å². The zero-order valence-electron chi connectivity index (χ0n) is 11.7. The summed E-state index contributed by atoms with van der Waals surface area (Å²) in [6.07, 6.45) is 0. The number of nitrogens with zero attached hydrogens (tertiary/aromatic N) is 3. The Kier molecular flexibility index (Phi) is 3.36. The van der Waals surface area contributed by atoms with E-state index in [0.29, 0.717) is 20.7 Å². The molecule has 0 aliphatic carbocycles. The molecule has 2 aromatic carbocycles. The van der Waals surface area contributed by atoms with Crippen LogP contribution >= 0.6 is 22.9 Å². The predicted octanol–water partition coefficient (Wildman–Crippen LogP) is 2.71. The van der Waals surface area contributed by atoms with E-state index in [4.69, 9.17) is 0 Å². The van der Waals surface area contributed by atoms with Gasteiger partial charge in [0.25, 0.3) is 5.91 Å². The molecule has 0 aliphatic rings. The first-order chi connectivity index (χ1) is 11.2. The molecule has 2 heterocycles. The van der Waals surface area contributed by atoms with Gasteiger partial charge in [-0.25, -0.2) is 3.79 Å². The minimum absolute atomic E-state index is 0.0492. The highest BCUT2D eigenvalue weighted by Crippen LogP contribution is 2.15. The molecule has 0 unspecified atom stereocenters. The summed E-state index contributed by atoms with van der Waals surface area (Å²) < 4.78 is 1.78. The van der Waals surface area contributed by atoms with Crippen molar-refractivity contribution >= 4 is 44.6 Å². The molecule has 112 valence electrons. The largest absolute Gasteiger partial charge is 0.279 e. The lowest BCUT2D eigenvalue weighted by Gasteiger charge is -1.97. The van der Waals surface area contributed by atoms with E-state index in [-0.39, 0.29) is 10.6 Å². The molecule has 0 saturated heterocycles. The molecule has 2 aromatic heterocycles. The van der Waals surface area contributed by atoms with Crippen LogP contribution in [0.1, 0.15) is 10.4 Å². The average molecular weight is 339 g/mol. The maximum Gasteiger partial charge on any atom is 0.279 e. The smallest absolute Gasteiger partial charge is 0.277 e. The van der Waals surface area contributed by atoms with Crippen molar-refractivity contribution in [2.45, 2.75) is 0 Å². The van der Waals surface area contributed by atoms with E-state index in [1.54, 1.807) is 30.3 Å². The summed E-state index contributed by atoms with van der Waals surface area (Å²) in [5.74, 6) is -0.345. The summed E-state index contributed by atoms with van der Waals surface area (Å²) in [6, 6.07) is 16.2. The van der Waals surface area contributed by atoms with Crippen molar-refractivity contribution in [2.75, 3.05) is 0 Å². The monoisotopic (exact) mass is 339 g/mol. The topological polar surface area (TPSA) is 63.8 Å². The fourth-order valence-electron chi connectivity index (χ4n) is 2.22. The Bertz CT molecular complexity index is 1160. The van der Waals surface area contributed by atoms with Gasteiger partial charge in [0, 0.05) is 5.56 Å². The Hall–Kier alpha value is -2.64. The van der Waals surface area contributed by atoms with E-state index in [9.17, 15) is 9.59 Å². The van der Waals surface area contributed by atoms with Crippen molar-refractivity contribution in [2.24, 2.45) is 4.99 Å². The zero-order chi connectivity index (χ0) is 15.8. The van der Waals surface area contributed by atoms with E-state index in [0.717, 1.165) is 16.9 Å². The molecule has 4 rings (SSSR count). The standard InChI is InChI=1S/C16H9N3O2S2/c20-13(10-6-2-1-3-7-10)17-15-18-16-19(23-15)12-9-5-4-8-11(12)14(21)22-16/h1-9H. The second-order valence-electron chi connectivity index (χ2n) is 4.75. The summed E-state index contributed by atoms with van der Waals surface area (Å²) in [5, 5.41) is 0.639. The SMILES string of the molecule is O=C(N=c1nc2sc(=O)c3ccccc3n2s1)c1ccccc1. The number of benzene rings is 2. The first kappa shape index (κ1) is 14.0. The van der Waals surface area contributed by atoms with Crippen molar-refractivity contribution < 1.29 is 4.79 Å². The Morgan fingerprint density at radius 2 is 1.78 bits per heavy atom. The first-order valence-corrected chi connectivity index (χ1v) is 8.37. The average Bonchev–Trinajstić information content (AvgIpc) is 2.98. The maximum atomic E-state index is 12.2. The number of rotatable bonds is 1. The van der Waals surface area contributed by atoms with Gasteiger partial charge < -0.3 is 0 Å². The number of amides is 1. The first-order valence-electron chi connectivity index (χ1n) is 6.78. The molecule has 0 aliphatic heterocycles. The van der Waals surface area contributed by atoms with E-state index in [1.165, 1.54) is 11.5 Å². The van der Waals surface area contributed by atoms with Crippen LogP contribution in [-0.4, -0.2) is 14.7 Å². The highest BCUT2D eigenvalue weighted by atomic mass is 32.1. The van der Waals surface area contributed by atoms with E-state index in [1.807, 2.05) is 28.1 Å². The molecule has 0 fully saturated rings. The highest BCUT2D eigenvalue weighted by Gasteiger charge is 2.09. The fourth-order valence-corrected chi connectivity index (χ4v) is 4.06. The molecule has 0 radical (unpaired) electrons. The van der Waals surface area contributed by atoms with Crippen molar-refractivity contribution in [3.05, 3.63) is 74.5 Å². The van der Waals surface area contributed by atoms with Crippen LogP contribution in [0.2, 0.25) is 0 Å². The van der Waals surface area contributed by atoms with Gasteiger partial charge in [-0.15, -0.1) is 0 Å². The second-order valence-corrected chi connectivity index (χ2v) is 6.61. The van der Waals surface area contributed by atoms with Crippen molar-refractivity contribution in [1.29, 1.82) is 0 Å². The Morgan fingerprint density at radius 3 is 2.61 bits per heavy atom. The third-order valence-corrected chi connectivity index (χ3v) is 5.16. The van der Waals surface area contributed by atoms with Gasteiger partial charge in [-0.1, -0.05) is 41.7 Å². The fraction of sp³-hybridized carbons (Fsp3) is 0. The minimum Gasteiger partial charge on any atom is -0.277 e. The Morgan fingerprint density at radius 1 is 1.04 bits per heavy atom. The Labute approximate surface area is 138 Å². The number of carbonyl (C=O) groups is 1. The molecule has 1 amide bonds. The molecule has 4 aromatic rings. The summed E-state index contributed by atoms with van der Waals surface area (Å²) in [6.45, 7) is 0. The van der Waals surface area contributed by atoms with Gasteiger partial charge in [-0.05, 0) is 35.8 Å². The van der Waals surface area contributed by atoms with Gasteiger partial charge >= 0.3 is 0 Å². The zero-order valence-corrected chi connectivity index (χ0v) is 13.3. The van der Waals surface area contributed by atoms with Gasteiger partial charge in [-0.2, -0.15) is 9.98 Å². The Balaban J connectivity index is 1.93. The number of fused-ring (bicyclic) bond motifs is 3. The van der Waals surface area contributed by atoms with Gasteiger partial charge in [0.05, 0.1) is 10.9 Å². The van der Waals surface area contributed by atoms with Crippen LogP contribution in [-0.2, 0) is 0 Å². The number of carbonyl (C=O) groups excluding carboxylic acids is 1. The quantitative estimate of drug-likeness (QED) is 0.536. The lowest BCUT2D eigenvalue weighted by molar-refractivity contribution is 0.0998. The highest BCUT2D eigenvalue weighted by molar-refractivity contribution is 7.17.